The minimum Gasteiger partial charge on any atom is -0.381 e. The zero-order valence-corrected chi connectivity index (χ0v) is 12.7. The standard InChI is InChI=1S/C15H32N2O/c1-13(2)9-16-10-14(3)11-17(4)12-15-5-7-18-8-6-15/h13-16H,5-12H2,1-4H3. The first kappa shape index (κ1) is 15.9. The van der Waals surface area contributed by atoms with E-state index < -0.39 is 0 Å². The Kier molecular flexibility index (Phi) is 7.87. The van der Waals surface area contributed by atoms with Gasteiger partial charge in [-0.3, -0.25) is 0 Å². The highest BCUT2D eigenvalue weighted by molar-refractivity contribution is 4.69. The summed E-state index contributed by atoms with van der Waals surface area (Å²) in [6, 6.07) is 0. The highest BCUT2D eigenvalue weighted by Gasteiger charge is 2.16. The third-order valence-electron chi connectivity index (χ3n) is 3.58. The SMILES string of the molecule is CC(C)CNCC(C)CN(C)CC1CCOCC1. The van der Waals surface area contributed by atoms with Crippen LogP contribution in [-0.4, -0.2) is 51.3 Å². The van der Waals surface area contributed by atoms with Crippen LogP contribution in [0.2, 0.25) is 0 Å². The lowest BCUT2D eigenvalue weighted by Crippen LogP contribution is -2.36. The Balaban J connectivity index is 2.08. The van der Waals surface area contributed by atoms with Crippen molar-refractivity contribution in [1.82, 2.24) is 10.2 Å². The summed E-state index contributed by atoms with van der Waals surface area (Å²) in [6.07, 6.45) is 2.48. The normalized spacial score (nSPS) is 19.7. The van der Waals surface area contributed by atoms with Crippen molar-refractivity contribution >= 4 is 0 Å². The molecule has 0 amide bonds. The van der Waals surface area contributed by atoms with Gasteiger partial charge in [0.1, 0.15) is 0 Å². The van der Waals surface area contributed by atoms with Gasteiger partial charge in [0.25, 0.3) is 0 Å². The molecule has 1 heterocycles. The summed E-state index contributed by atoms with van der Waals surface area (Å²) in [5.74, 6) is 2.32. The van der Waals surface area contributed by atoms with Gasteiger partial charge in [0.05, 0.1) is 0 Å². The summed E-state index contributed by atoms with van der Waals surface area (Å²) in [5, 5.41) is 3.55. The summed E-state index contributed by atoms with van der Waals surface area (Å²) in [7, 11) is 2.26. The highest BCUT2D eigenvalue weighted by Crippen LogP contribution is 2.15. The minimum absolute atomic E-state index is 0.730. The molecular weight excluding hydrogens is 224 g/mol. The molecule has 0 aromatic heterocycles. The van der Waals surface area contributed by atoms with E-state index in [0.29, 0.717) is 0 Å². The van der Waals surface area contributed by atoms with Gasteiger partial charge < -0.3 is 15.0 Å². The molecule has 0 aliphatic carbocycles. The van der Waals surface area contributed by atoms with Crippen LogP contribution < -0.4 is 5.32 Å². The Morgan fingerprint density at radius 2 is 1.83 bits per heavy atom. The predicted octanol–water partition coefficient (Wildman–Crippen LogP) is 2.23. The molecule has 0 aromatic carbocycles. The third kappa shape index (κ3) is 7.34. The molecule has 0 bridgehead atoms. The first-order chi connectivity index (χ1) is 8.58. The van der Waals surface area contributed by atoms with Crippen molar-refractivity contribution in [3.05, 3.63) is 0 Å². The lowest BCUT2D eigenvalue weighted by molar-refractivity contribution is 0.0543. The van der Waals surface area contributed by atoms with Crippen LogP contribution in [0.1, 0.15) is 33.6 Å². The Hall–Kier alpha value is -0.120. The van der Waals surface area contributed by atoms with Crippen LogP contribution in [0.4, 0.5) is 0 Å². The van der Waals surface area contributed by atoms with Gasteiger partial charge in [-0.2, -0.15) is 0 Å². The molecule has 3 nitrogen and oxygen atoms in total. The van der Waals surface area contributed by atoms with E-state index in [1.165, 1.54) is 25.9 Å². The van der Waals surface area contributed by atoms with Crippen molar-refractivity contribution < 1.29 is 4.74 Å². The van der Waals surface area contributed by atoms with Crippen molar-refractivity contribution in [3.8, 4) is 0 Å². The fourth-order valence-electron chi connectivity index (χ4n) is 2.66. The van der Waals surface area contributed by atoms with Gasteiger partial charge in [-0.1, -0.05) is 20.8 Å². The van der Waals surface area contributed by atoms with E-state index in [2.05, 4.69) is 38.0 Å². The number of hydrogen-bond donors (Lipinski definition) is 1. The van der Waals surface area contributed by atoms with Gasteiger partial charge in [-0.15, -0.1) is 0 Å². The quantitative estimate of drug-likeness (QED) is 0.721. The van der Waals surface area contributed by atoms with Crippen LogP contribution in [0.25, 0.3) is 0 Å². The van der Waals surface area contributed by atoms with Crippen LogP contribution >= 0.6 is 0 Å². The maximum absolute atomic E-state index is 5.41. The second kappa shape index (κ2) is 8.89. The van der Waals surface area contributed by atoms with E-state index >= 15 is 0 Å². The number of hydrogen-bond acceptors (Lipinski definition) is 3. The lowest BCUT2D eigenvalue weighted by atomic mass is 9.99. The van der Waals surface area contributed by atoms with Crippen LogP contribution in [0.15, 0.2) is 0 Å². The van der Waals surface area contributed by atoms with Crippen molar-refractivity contribution in [1.29, 1.82) is 0 Å². The molecule has 1 fully saturated rings. The fraction of sp³-hybridized carbons (Fsp3) is 1.00. The number of nitrogens with zero attached hydrogens (tertiary/aromatic N) is 1. The van der Waals surface area contributed by atoms with E-state index in [-0.39, 0.29) is 0 Å². The summed E-state index contributed by atoms with van der Waals surface area (Å²) in [6.45, 7) is 13.5. The molecule has 1 rings (SSSR count). The van der Waals surface area contributed by atoms with Crippen molar-refractivity contribution in [2.24, 2.45) is 17.8 Å². The average Bonchev–Trinajstić information content (AvgIpc) is 2.29. The zero-order valence-electron chi connectivity index (χ0n) is 12.7. The molecule has 1 aliphatic heterocycles. The van der Waals surface area contributed by atoms with Gasteiger partial charge >= 0.3 is 0 Å². The summed E-state index contributed by atoms with van der Waals surface area (Å²) < 4.78 is 5.41. The Morgan fingerprint density at radius 3 is 2.44 bits per heavy atom. The van der Waals surface area contributed by atoms with Gasteiger partial charge in [-0.25, -0.2) is 0 Å². The molecule has 0 aromatic rings. The first-order valence-electron chi connectivity index (χ1n) is 7.55. The molecule has 0 saturated carbocycles. The van der Waals surface area contributed by atoms with Crippen molar-refractivity contribution in [2.45, 2.75) is 33.6 Å². The van der Waals surface area contributed by atoms with Crippen molar-refractivity contribution in [2.75, 3.05) is 46.4 Å². The number of rotatable bonds is 8. The molecule has 1 unspecified atom stereocenters. The van der Waals surface area contributed by atoms with Crippen LogP contribution in [0.3, 0.4) is 0 Å². The van der Waals surface area contributed by atoms with E-state index in [4.69, 9.17) is 4.74 Å². The fourth-order valence-corrected chi connectivity index (χ4v) is 2.66. The third-order valence-corrected chi connectivity index (χ3v) is 3.58. The maximum atomic E-state index is 5.41. The minimum atomic E-state index is 0.730. The molecule has 1 atom stereocenters. The second-order valence-electron chi connectivity index (χ2n) is 6.43. The van der Waals surface area contributed by atoms with E-state index in [9.17, 15) is 0 Å². The summed E-state index contributed by atoms with van der Waals surface area (Å²) in [5.41, 5.74) is 0. The molecule has 18 heavy (non-hydrogen) atoms. The van der Waals surface area contributed by atoms with Gasteiger partial charge in [0, 0.05) is 26.3 Å². The Labute approximate surface area is 113 Å². The maximum Gasteiger partial charge on any atom is 0.0469 e. The molecule has 1 saturated heterocycles. The summed E-state index contributed by atoms with van der Waals surface area (Å²) in [4.78, 5) is 2.50. The van der Waals surface area contributed by atoms with E-state index in [1.807, 2.05) is 0 Å². The largest absolute Gasteiger partial charge is 0.381 e. The van der Waals surface area contributed by atoms with Crippen LogP contribution in [0.5, 0.6) is 0 Å². The van der Waals surface area contributed by atoms with E-state index in [0.717, 1.165) is 44.1 Å². The van der Waals surface area contributed by atoms with Crippen molar-refractivity contribution in [3.63, 3.8) is 0 Å². The van der Waals surface area contributed by atoms with Crippen LogP contribution in [-0.2, 0) is 4.74 Å². The van der Waals surface area contributed by atoms with Crippen LogP contribution in [0, 0.1) is 17.8 Å². The average molecular weight is 256 g/mol. The monoisotopic (exact) mass is 256 g/mol. The van der Waals surface area contributed by atoms with Gasteiger partial charge in [-0.05, 0) is 50.7 Å². The molecule has 1 N–H and O–H groups in total. The first-order valence-corrected chi connectivity index (χ1v) is 7.55. The topological polar surface area (TPSA) is 24.5 Å². The molecule has 0 radical (unpaired) electrons. The molecular formula is C15H32N2O. The Bertz CT molecular complexity index is 203. The molecule has 1 aliphatic rings. The number of nitrogens with one attached hydrogen (secondary N) is 1. The molecule has 108 valence electrons. The smallest absolute Gasteiger partial charge is 0.0469 e. The second-order valence-corrected chi connectivity index (χ2v) is 6.43. The molecule has 3 heteroatoms. The highest BCUT2D eigenvalue weighted by atomic mass is 16.5. The zero-order chi connectivity index (χ0) is 13.4. The van der Waals surface area contributed by atoms with Gasteiger partial charge in [0.15, 0.2) is 0 Å². The van der Waals surface area contributed by atoms with Gasteiger partial charge in [0.2, 0.25) is 0 Å². The number of ether oxygens (including phenoxy) is 1. The molecule has 0 spiro atoms. The predicted molar refractivity (Wildman–Crippen MR) is 77.9 cm³/mol. The lowest BCUT2D eigenvalue weighted by Gasteiger charge is -2.28. The van der Waals surface area contributed by atoms with E-state index in [1.54, 1.807) is 0 Å². The summed E-state index contributed by atoms with van der Waals surface area (Å²) >= 11 is 0. The Morgan fingerprint density at radius 1 is 1.17 bits per heavy atom.